The first-order valence-electron chi connectivity index (χ1n) is 7.66. The van der Waals surface area contributed by atoms with Crippen molar-refractivity contribution in [2.45, 2.75) is 39.2 Å². The number of ether oxygens (including phenoxy) is 1. The molecule has 1 aliphatic heterocycles. The van der Waals surface area contributed by atoms with Crippen molar-refractivity contribution in [3.05, 3.63) is 29.8 Å². The smallest absolute Gasteiger partial charge is 0.260 e. The second-order valence-electron chi connectivity index (χ2n) is 6.08. The Kier molecular flexibility index (Phi) is 5.23. The zero-order valence-corrected chi connectivity index (χ0v) is 13.1. The van der Waals surface area contributed by atoms with Crippen LogP contribution in [0.25, 0.3) is 0 Å². The van der Waals surface area contributed by atoms with Crippen molar-refractivity contribution in [2.75, 3.05) is 19.8 Å². The highest BCUT2D eigenvalue weighted by Crippen LogP contribution is 2.27. The molecule has 0 saturated carbocycles. The second kappa shape index (κ2) is 6.94. The summed E-state index contributed by atoms with van der Waals surface area (Å²) in [5, 5.41) is 9.42. The van der Waals surface area contributed by atoms with Gasteiger partial charge in [0.1, 0.15) is 5.75 Å². The van der Waals surface area contributed by atoms with E-state index >= 15 is 0 Å². The average Bonchev–Trinajstić information content (AvgIpc) is 2.85. The number of benzene rings is 1. The normalized spacial score (nSPS) is 21.9. The van der Waals surface area contributed by atoms with Crippen LogP contribution in [0.15, 0.2) is 24.3 Å². The lowest BCUT2D eigenvalue weighted by Crippen LogP contribution is -2.42. The van der Waals surface area contributed by atoms with Crippen molar-refractivity contribution in [3.8, 4) is 5.75 Å². The number of aliphatic hydroxyl groups excluding tert-OH is 1. The molecule has 1 aliphatic rings. The van der Waals surface area contributed by atoms with Crippen molar-refractivity contribution < 1.29 is 14.6 Å². The molecule has 1 aromatic rings. The number of carbonyl (C=O) groups excluding carboxylic acids is 1. The molecular weight excluding hydrogens is 266 g/mol. The van der Waals surface area contributed by atoms with E-state index in [-0.39, 0.29) is 25.2 Å². The van der Waals surface area contributed by atoms with Crippen molar-refractivity contribution in [1.29, 1.82) is 0 Å². The van der Waals surface area contributed by atoms with Gasteiger partial charge in [0.2, 0.25) is 0 Å². The number of hydrogen-bond acceptors (Lipinski definition) is 3. The fourth-order valence-electron chi connectivity index (χ4n) is 2.91. The zero-order chi connectivity index (χ0) is 15.4. The quantitative estimate of drug-likeness (QED) is 0.906. The standard InChI is InChI=1S/C17H25NO3/c1-12(2)14-6-4-5-7-16(14)21-11-17(20)18-9-8-13(3)15(18)10-19/h4-7,12-13,15,19H,8-11H2,1-3H3. The molecule has 1 N–H and O–H groups in total. The Morgan fingerprint density at radius 1 is 1.43 bits per heavy atom. The topological polar surface area (TPSA) is 49.8 Å². The van der Waals surface area contributed by atoms with E-state index in [4.69, 9.17) is 4.74 Å². The predicted molar refractivity (Wildman–Crippen MR) is 82.4 cm³/mol. The van der Waals surface area contributed by atoms with Crippen LogP contribution in [0.4, 0.5) is 0 Å². The molecule has 4 nitrogen and oxygen atoms in total. The van der Waals surface area contributed by atoms with Crippen LogP contribution in [0.3, 0.4) is 0 Å². The summed E-state index contributed by atoms with van der Waals surface area (Å²) in [6.45, 7) is 7.05. The number of aliphatic hydroxyl groups is 1. The van der Waals surface area contributed by atoms with Crippen LogP contribution in [0.5, 0.6) is 5.75 Å². The molecule has 116 valence electrons. The molecule has 1 heterocycles. The van der Waals surface area contributed by atoms with E-state index in [9.17, 15) is 9.90 Å². The molecule has 1 saturated heterocycles. The summed E-state index contributed by atoms with van der Waals surface area (Å²) in [5.74, 6) is 1.43. The Morgan fingerprint density at radius 2 is 2.14 bits per heavy atom. The Labute approximate surface area is 126 Å². The third kappa shape index (κ3) is 3.56. The number of nitrogens with zero attached hydrogens (tertiary/aromatic N) is 1. The monoisotopic (exact) mass is 291 g/mol. The molecule has 0 spiro atoms. The molecule has 2 rings (SSSR count). The molecule has 1 amide bonds. The molecule has 0 aromatic heterocycles. The highest BCUT2D eigenvalue weighted by atomic mass is 16.5. The average molecular weight is 291 g/mol. The Hall–Kier alpha value is -1.55. The molecule has 1 aromatic carbocycles. The summed E-state index contributed by atoms with van der Waals surface area (Å²) in [5.41, 5.74) is 1.11. The Bertz CT molecular complexity index is 487. The van der Waals surface area contributed by atoms with Crippen LogP contribution >= 0.6 is 0 Å². The van der Waals surface area contributed by atoms with Crippen LogP contribution in [0.1, 0.15) is 38.7 Å². The van der Waals surface area contributed by atoms with Crippen LogP contribution < -0.4 is 4.74 Å². The van der Waals surface area contributed by atoms with Crippen molar-refractivity contribution >= 4 is 5.91 Å². The van der Waals surface area contributed by atoms with Crippen LogP contribution in [-0.2, 0) is 4.79 Å². The third-order valence-corrected chi connectivity index (χ3v) is 4.28. The molecule has 0 radical (unpaired) electrons. The predicted octanol–water partition coefficient (Wildman–Crippen LogP) is 2.42. The summed E-state index contributed by atoms with van der Waals surface area (Å²) in [4.78, 5) is 14.1. The van der Waals surface area contributed by atoms with E-state index in [1.54, 1.807) is 4.90 Å². The van der Waals surface area contributed by atoms with E-state index in [2.05, 4.69) is 20.8 Å². The van der Waals surface area contributed by atoms with Crippen LogP contribution in [-0.4, -0.2) is 41.7 Å². The van der Waals surface area contributed by atoms with Crippen LogP contribution in [0.2, 0.25) is 0 Å². The van der Waals surface area contributed by atoms with Gasteiger partial charge in [-0.3, -0.25) is 4.79 Å². The fraction of sp³-hybridized carbons (Fsp3) is 0.588. The van der Waals surface area contributed by atoms with Gasteiger partial charge >= 0.3 is 0 Å². The van der Waals surface area contributed by atoms with Gasteiger partial charge in [0.05, 0.1) is 12.6 Å². The van der Waals surface area contributed by atoms with Gasteiger partial charge in [-0.05, 0) is 29.9 Å². The van der Waals surface area contributed by atoms with E-state index in [0.29, 0.717) is 18.4 Å². The first kappa shape index (κ1) is 15.8. The minimum absolute atomic E-state index is 0.0233. The minimum Gasteiger partial charge on any atom is -0.483 e. The summed E-state index contributed by atoms with van der Waals surface area (Å²) in [7, 11) is 0. The highest BCUT2D eigenvalue weighted by Gasteiger charge is 2.33. The SMILES string of the molecule is CC(C)c1ccccc1OCC(=O)N1CCC(C)C1CO. The van der Waals surface area contributed by atoms with Crippen molar-refractivity contribution in [1.82, 2.24) is 4.90 Å². The third-order valence-electron chi connectivity index (χ3n) is 4.28. The number of rotatable bonds is 5. The number of para-hydroxylation sites is 1. The molecule has 0 bridgehead atoms. The lowest BCUT2D eigenvalue weighted by atomic mass is 10.0. The maximum atomic E-state index is 12.3. The number of likely N-dealkylation sites (tertiary alicyclic amines) is 1. The lowest BCUT2D eigenvalue weighted by Gasteiger charge is -2.25. The molecule has 2 atom stereocenters. The second-order valence-corrected chi connectivity index (χ2v) is 6.08. The fourth-order valence-corrected chi connectivity index (χ4v) is 2.91. The zero-order valence-electron chi connectivity index (χ0n) is 13.1. The largest absolute Gasteiger partial charge is 0.483 e. The van der Waals surface area contributed by atoms with E-state index in [1.807, 2.05) is 24.3 Å². The molecule has 4 heteroatoms. The maximum Gasteiger partial charge on any atom is 0.260 e. The van der Waals surface area contributed by atoms with E-state index in [1.165, 1.54) is 0 Å². The molecule has 0 aliphatic carbocycles. The molecule has 1 fully saturated rings. The minimum atomic E-state index is -0.0681. The van der Waals surface area contributed by atoms with Gasteiger partial charge in [-0.1, -0.05) is 39.0 Å². The van der Waals surface area contributed by atoms with Gasteiger partial charge in [-0.2, -0.15) is 0 Å². The van der Waals surface area contributed by atoms with Gasteiger partial charge in [0.25, 0.3) is 5.91 Å². The van der Waals surface area contributed by atoms with Gasteiger partial charge in [-0.25, -0.2) is 0 Å². The first-order chi connectivity index (χ1) is 10.0. The molecular formula is C17H25NO3. The Balaban J connectivity index is 1.99. The molecule has 21 heavy (non-hydrogen) atoms. The number of hydrogen-bond donors (Lipinski definition) is 1. The summed E-state index contributed by atoms with van der Waals surface area (Å²) >= 11 is 0. The highest BCUT2D eigenvalue weighted by molar-refractivity contribution is 5.78. The van der Waals surface area contributed by atoms with Crippen LogP contribution in [0, 0.1) is 5.92 Å². The van der Waals surface area contributed by atoms with E-state index in [0.717, 1.165) is 17.7 Å². The summed E-state index contributed by atoms with van der Waals surface area (Å²) < 4.78 is 5.73. The van der Waals surface area contributed by atoms with Gasteiger partial charge in [-0.15, -0.1) is 0 Å². The number of amides is 1. The maximum absolute atomic E-state index is 12.3. The Morgan fingerprint density at radius 3 is 2.81 bits per heavy atom. The van der Waals surface area contributed by atoms with Gasteiger partial charge < -0.3 is 14.7 Å². The summed E-state index contributed by atoms with van der Waals surface area (Å²) in [6.07, 6.45) is 0.944. The number of carbonyl (C=O) groups is 1. The lowest BCUT2D eigenvalue weighted by molar-refractivity contribution is -0.135. The summed E-state index contributed by atoms with van der Waals surface area (Å²) in [6, 6.07) is 7.76. The van der Waals surface area contributed by atoms with Gasteiger partial charge in [0, 0.05) is 6.54 Å². The van der Waals surface area contributed by atoms with E-state index < -0.39 is 0 Å². The molecule has 2 unspecified atom stereocenters. The van der Waals surface area contributed by atoms with Crippen molar-refractivity contribution in [3.63, 3.8) is 0 Å². The first-order valence-corrected chi connectivity index (χ1v) is 7.66. The van der Waals surface area contributed by atoms with Gasteiger partial charge in [0.15, 0.2) is 6.61 Å². The van der Waals surface area contributed by atoms with Crippen molar-refractivity contribution in [2.24, 2.45) is 5.92 Å².